The number of halogens is 1. The number of rotatable bonds is 5. The zero-order valence-electron chi connectivity index (χ0n) is 13.0. The van der Waals surface area contributed by atoms with Crippen LogP contribution in [-0.2, 0) is 4.79 Å². The fourth-order valence-corrected chi connectivity index (χ4v) is 3.13. The first-order valence-electron chi connectivity index (χ1n) is 8.02. The molecule has 0 radical (unpaired) electrons. The molecule has 0 spiro atoms. The summed E-state index contributed by atoms with van der Waals surface area (Å²) in [7, 11) is 0. The number of hydrogen-bond acceptors (Lipinski definition) is 4. The molecule has 4 rings (SSSR count). The first kappa shape index (κ1) is 14.9. The molecule has 2 aromatic rings. The van der Waals surface area contributed by atoms with Crippen LogP contribution < -0.4 is 0 Å². The fraction of sp³-hybridized carbons (Fsp3) is 0.263. The molecule has 120 valence electrons. The van der Waals surface area contributed by atoms with Crippen molar-refractivity contribution in [2.45, 2.75) is 25.2 Å². The standard InChI is InChI=1S/C19H16FN3O/c20-13-6-4-12(5-7-13)15-11-16(15)19(24)10-14-9-18(23-22-14)17-3-1-2-8-21-17/h1-8,15-16H,9-11H2. The highest BCUT2D eigenvalue weighted by Gasteiger charge is 2.43. The van der Waals surface area contributed by atoms with Crippen LogP contribution in [0.25, 0.3) is 0 Å². The van der Waals surface area contributed by atoms with Crippen molar-refractivity contribution in [2.75, 3.05) is 0 Å². The molecule has 1 fully saturated rings. The van der Waals surface area contributed by atoms with Gasteiger partial charge in [-0.25, -0.2) is 4.39 Å². The second-order valence-electron chi connectivity index (χ2n) is 6.25. The second-order valence-corrected chi connectivity index (χ2v) is 6.25. The minimum atomic E-state index is -0.248. The molecule has 0 amide bonds. The Hall–Kier alpha value is -2.69. The van der Waals surface area contributed by atoms with Gasteiger partial charge in [0.15, 0.2) is 0 Å². The molecule has 1 aromatic heterocycles. The van der Waals surface area contributed by atoms with Gasteiger partial charge in [0.1, 0.15) is 11.6 Å². The van der Waals surface area contributed by atoms with Gasteiger partial charge in [0.2, 0.25) is 0 Å². The maximum absolute atomic E-state index is 13.0. The molecule has 0 saturated heterocycles. The maximum atomic E-state index is 13.0. The summed E-state index contributed by atoms with van der Waals surface area (Å²) in [4.78, 5) is 16.7. The maximum Gasteiger partial charge on any atom is 0.142 e. The van der Waals surface area contributed by atoms with Gasteiger partial charge in [-0.05, 0) is 42.2 Å². The van der Waals surface area contributed by atoms with E-state index in [4.69, 9.17) is 0 Å². The lowest BCUT2D eigenvalue weighted by atomic mass is 10.0. The summed E-state index contributed by atoms with van der Waals surface area (Å²) in [6.45, 7) is 0. The minimum Gasteiger partial charge on any atom is -0.299 e. The van der Waals surface area contributed by atoms with Gasteiger partial charge in [-0.3, -0.25) is 9.78 Å². The van der Waals surface area contributed by atoms with Crippen molar-refractivity contribution in [2.24, 2.45) is 16.1 Å². The van der Waals surface area contributed by atoms with Gasteiger partial charge >= 0.3 is 0 Å². The van der Waals surface area contributed by atoms with Crippen LogP contribution in [0.1, 0.15) is 36.4 Å². The van der Waals surface area contributed by atoms with Gasteiger partial charge in [0.05, 0.1) is 17.1 Å². The molecule has 0 bridgehead atoms. The normalized spacial score (nSPS) is 22.0. The summed E-state index contributed by atoms with van der Waals surface area (Å²) in [5.74, 6) is 0.190. The molecule has 24 heavy (non-hydrogen) atoms. The van der Waals surface area contributed by atoms with Gasteiger partial charge in [-0.2, -0.15) is 10.2 Å². The van der Waals surface area contributed by atoms with E-state index in [2.05, 4.69) is 15.2 Å². The van der Waals surface area contributed by atoms with E-state index in [1.54, 1.807) is 18.3 Å². The van der Waals surface area contributed by atoms with Crippen LogP contribution in [0.5, 0.6) is 0 Å². The van der Waals surface area contributed by atoms with Crippen molar-refractivity contribution in [1.82, 2.24) is 4.98 Å². The highest BCUT2D eigenvalue weighted by atomic mass is 19.1. The number of aromatic nitrogens is 1. The number of carbonyl (C=O) groups is 1. The van der Waals surface area contributed by atoms with Gasteiger partial charge in [-0.15, -0.1) is 0 Å². The number of ketones is 1. The average Bonchev–Trinajstić information content (AvgIpc) is 3.28. The largest absolute Gasteiger partial charge is 0.299 e. The zero-order valence-corrected chi connectivity index (χ0v) is 13.0. The summed E-state index contributed by atoms with van der Waals surface area (Å²) >= 11 is 0. The van der Waals surface area contributed by atoms with E-state index in [1.165, 1.54) is 12.1 Å². The Labute approximate surface area is 139 Å². The third kappa shape index (κ3) is 3.02. The Balaban J connectivity index is 1.33. The smallest absolute Gasteiger partial charge is 0.142 e. The van der Waals surface area contributed by atoms with E-state index in [9.17, 15) is 9.18 Å². The van der Waals surface area contributed by atoms with E-state index >= 15 is 0 Å². The molecule has 4 nitrogen and oxygen atoms in total. The molecule has 2 aliphatic rings. The molecule has 0 N–H and O–H groups in total. The van der Waals surface area contributed by atoms with Gasteiger partial charge < -0.3 is 0 Å². The van der Waals surface area contributed by atoms with Crippen LogP contribution in [-0.4, -0.2) is 22.2 Å². The third-order valence-corrected chi connectivity index (χ3v) is 4.52. The summed E-state index contributed by atoms with van der Waals surface area (Å²) in [5.41, 5.74) is 3.45. The summed E-state index contributed by atoms with van der Waals surface area (Å²) < 4.78 is 13.0. The van der Waals surface area contributed by atoms with E-state index in [-0.39, 0.29) is 23.4 Å². The minimum absolute atomic E-state index is 0.0251. The van der Waals surface area contributed by atoms with Crippen molar-refractivity contribution >= 4 is 17.2 Å². The SMILES string of the molecule is O=C(CC1=NN=C(c2ccccn2)C1)C1CC1c1ccc(F)cc1. The molecule has 5 heteroatoms. The van der Waals surface area contributed by atoms with E-state index < -0.39 is 0 Å². The Morgan fingerprint density at radius 2 is 1.96 bits per heavy atom. The highest BCUT2D eigenvalue weighted by molar-refractivity contribution is 6.18. The predicted molar refractivity (Wildman–Crippen MR) is 89.7 cm³/mol. The lowest BCUT2D eigenvalue weighted by molar-refractivity contribution is -0.119. The van der Waals surface area contributed by atoms with Gasteiger partial charge in [-0.1, -0.05) is 18.2 Å². The van der Waals surface area contributed by atoms with Crippen LogP contribution in [0.4, 0.5) is 4.39 Å². The fourth-order valence-electron chi connectivity index (χ4n) is 3.13. The Bertz CT molecular complexity index is 827. The van der Waals surface area contributed by atoms with E-state index in [0.29, 0.717) is 12.8 Å². The number of benzene rings is 1. The average molecular weight is 321 g/mol. The van der Waals surface area contributed by atoms with Crippen molar-refractivity contribution in [3.8, 4) is 0 Å². The molecule has 2 unspecified atom stereocenters. The van der Waals surface area contributed by atoms with Crippen molar-refractivity contribution in [1.29, 1.82) is 0 Å². The first-order chi connectivity index (χ1) is 11.7. The van der Waals surface area contributed by atoms with Crippen LogP contribution in [0.3, 0.4) is 0 Å². The molecule has 1 aromatic carbocycles. The van der Waals surface area contributed by atoms with Crippen molar-refractivity contribution in [3.05, 3.63) is 65.7 Å². The Morgan fingerprint density at radius 1 is 1.12 bits per heavy atom. The van der Waals surface area contributed by atoms with E-state index in [0.717, 1.165) is 29.1 Å². The summed E-state index contributed by atoms with van der Waals surface area (Å²) in [6, 6.07) is 12.1. The number of nitrogens with zero attached hydrogens (tertiary/aromatic N) is 3. The monoisotopic (exact) mass is 321 g/mol. The molecule has 2 atom stereocenters. The number of carbonyl (C=O) groups excluding carboxylic acids is 1. The molecule has 2 heterocycles. The number of hydrogen-bond donors (Lipinski definition) is 0. The van der Waals surface area contributed by atoms with Crippen molar-refractivity contribution < 1.29 is 9.18 Å². The van der Waals surface area contributed by atoms with E-state index in [1.807, 2.05) is 18.2 Å². The Morgan fingerprint density at radius 3 is 2.71 bits per heavy atom. The lowest BCUT2D eigenvalue weighted by Crippen LogP contribution is -2.12. The van der Waals surface area contributed by atoms with Crippen molar-refractivity contribution in [3.63, 3.8) is 0 Å². The summed E-state index contributed by atoms with van der Waals surface area (Å²) in [6.07, 6.45) is 3.48. The second kappa shape index (κ2) is 6.07. The number of Topliss-reactive ketones (excluding diaryl/α,β-unsaturated/α-hetero) is 1. The topological polar surface area (TPSA) is 54.7 Å². The van der Waals surface area contributed by atoms with Gasteiger partial charge in [0, 0.05) is 25.0 Å². The van der Waals surface area contributed by atoms with Crippen LogP contribution in [0, 0.1) is 11.7 Å². The third-order valence-electron chi connectivity index (χ3n) is 4.52. The molecular weight excluding hydrogens is 305 g/mol. The molecule has 1 saturated carbocycles. The molecular formula is C19H16FN3O. The molecule has 1 aliphatic heterocycles. The first-order valence-corrected chi connectivity index (χ1v) is 8.02. The zero-order chi connectivity index (χ0) is 16.5. The van der Waals surface area contributed by atoms with Crippen LogP contribution in [0.15, 0.2) is 58.9 Å². The number of pyridine rings is 1. The lowest BCUT2D eigenvalue weighted by Gasteiger charge is -2.02. The predicted octanol–water partition coefficient (Wildman–Crippen LogP) is 3.53. The van der Waals surface area contributed by atoms with Crippen LogP contribution in [0.2, 0.25) is 0 Å². The molecule has 1 aliphatic carbocycles. The Kier molecular flexibility index (Phi) is 3.76. The summed E-state index contributed by atoms with van der Waals surface area (Å²) in [5, 5.41) is 8.30. The van der Waals surface area contributed by atoms with Crippen LogP contribution >= 0.6 is 0 Å². The van der Waals surface area contributed by atoms with Gasteiger partial charge in [0.25, 0.3) is 0 Å². The quantitative estimate of drug-likeness (QED) is 0.846. The highest BCUT2D eigenvalue weighted by Crippen LogP contribution is 2.48.